The second-order valence-corrected chi connectivity index (χ2v) is 5.76. The molecule has 2 aromatic carbocycles. The first kappa shape index (κ1) is 18.6. The molecule has 2 rings (SSSR count). The molecule has 0 aliphatic heterocycles. The minimum Gasteiger partial charge on any atom is -0.497 e. The summed E-state index contributed by atoms with van der Waals surface area (Å²) in [5.74, 6) is 2.12. The highest BCUT2D eigenvalue weighted by molar-refractivity contribution is 5.79. The van der Waals surface area contributed by atoms with Crippen LogP contribution in [0.15, 0.2) is 36.4 Å². The number of hydrogen-bond donors (Lipinski definition) is 1. The van der Waals surface area contributed by atoms with Crippen molar-refractivity contribution in [3.63, 3.8) is 0 Å². The summed E-state index contributed by atoms with van der Waals surface area (Å²) in [5.41, 5.74) is 3.09. The van der Waals surface area contributed by atoms with E-state index < -0.39 is 0 Å². The Balaban J connectivity index is 1.89. The molecule has 0 radical (unpaired) electrons. The summed E-state index contributed by atoms with van der Waals surface area (Å²) in [5, 5.41) is 2.96. The number of aryl methyl sites for hydroxylation is 1. The molecule has 0 aromatic heterocycles. The third kappa shape index (κ3) is 5.14. The molecule has 0 saturated carbocycles. The lowest BCUT2D eigenvalue weighted by molar-refractivity contribution is -0.120. The molecule has 0 atom stereocenters. The standard InChI is InChI=1S/C20H25NO4/c1-14-11-18(24-3)19(25-4)12-16(14)13-20(22)21-10-9-15-5-7-17(23-2)8-6-15/h5-8,11-12H,9-10,13H2,1-4H3,(H,21,22). The zero-order chi connectivity index (χ0) is 18.2. The minimum atomic E-state index is -0.0103. The van der Waals surface area contributed by atoms with Crippen molar-refractivity contribution in [2.45, 2.75) is 19.8 Å². The molecule has 0 fully saturated rings. The number of hydrogen-bond acceptors (Lipinski definition) is 4. The molecule has 1 N–H and O–H groups in total. The number of carbonyl (C=O) groups is 1. The first-order chi connectivity index (χ1) is 12.1. The maximum absolute atomic E-state index is 12.2. The molecule has 0 unspecified atom stereocenters. The lowest BCUT2D eigenvalue weighted by atomic mass is 10.0. The molecule has 0 aliphatic rings. The average Bonchev–Trinajstić information content (AvgIpc) is 2.63. The fourth-order valence-electron chi connectivity index (χ4n) is 2.59. The van der Waals surface area contributed by atoms with Gasteiger partial charge in [0.2, 0.25) is 5.91 Å². The van der Waals surface area contributed by atoms with Crippen LogP contribution in [0.4, 0.5) is 0 Å². The number of rotatable bonds is 8. The topological polar surface area (TPSA) is 56.8 Å². The van der Waals surface area contributed by atoms with Crippen molar-refractivity contribution in [3.8, 4) is 17.2 Å². The number of nitrogens with one attached hydrogen (secondary N) is 1. The van der Waals surface area contributed by atoms with Crippen LogP contribution in [0.1, 0.15) is 16.7 Å². The normalized spacial score (nSPS) is 10.2. The van der Waals surface area contributed by atoms with E-state index in [2.05, 4.69) is 5.32 Å². The van der Waals surface area contributed by atoms with Crippen LogP contribution in [0.25, 0.3) is 0 Å². The number of ether oxygens (including phenoxy) is 3. The number of amides is 1. The van der Waals surface area contributed by atoms with Gasteiger partial charge in [0.05, 0.1) is 27.8 Å². The van der Waals surface area contributed by atoms with E-state index in [-0.39, 0.29) is 5.91 Å². The van der Waals surface area contributed by atoms with Gasteiger partial charge in [0.1, 0.15) is 5.75 Å². The van der Waals surface area contributed by atoms with Crippen molar-refractivity contribution in [2.75, 3.05) is 27.9 Å². The lowest BCUT2D eigenvalue weighted by Crippen LogP contribution is -2.27. The Bertz CT molecular complexity index is 710. The average molecular weight is 343 g/mol. The third-order valence-corrected chi connectivity index (χ3v) is 4.09. The van der Waals surface area contributed by atoms with Crippen LogP contribution < -0.4 is 19.5 Å². The van der Waals surface area contributed by atoms with Crippen LogP contribution in [-0.4, -0.2) is 33.8 Å². The second-order valence-electron chi connectivity index (χ2n) is 5.76. The van der Waals surface area contributed by atoms with Crippen molar-refractivity contribution in [2.24, 2.45) is 0 Å². The van der Waals surface area contributed by atoms with E-state index in [0.29, 0.717) is 24.5 Å². The number of benzene rings is 2. The molecular weight excluding hydrogens is 318 g/mol. The van der Waals surface area contributed by atoms with E-state index in [1.165, 1.54) is 0 Å². The maximum Gasteiger partial charge on any atom is 0.224 e. The molecule has 2 aromatic rings. The van der Waals surface area contributed by atoms with Crippen molar-refractivity contribution >= 4 is 5.91 Å². The summed E-state index contributed by atoms with van der Waals surface area (Å²) >= 11 is 0. The van der Waals surface area contributed by atoms with Gasteiger partial charge in [0, 0.05) is 6.54 Å². The van der Waals surface area contributed by atoms with E-state index in [4.69, 9.17) is 14.2 Å². The summed E-state index contributed by atoms with van der Waals surface area (Å²) in [4.78, 5) is 12.2. The van der Waals surface area contributed by atoms with Crippen LogP contribution in [0.5, 0.6) is 17.2 Å². The van der Waals surface area contributed by atoms with Gasteiger partial charge in [0.15, 0.2) is 11.5 Å². The number of carbonyl (C=O) groups excluding carboxylic acids is 1. The van der Waals surface area contributed by atoms with Gasteiger partial charge in [-0.1, -0.05) is 12.1 Å². The molecule has 5 nitrogen and oxygen atoms in total. The highest BCUT2D eigenvalue weighted by Gasteiger charge is 2.11. The molecule has 0 aliphatic carbocycles. The molecule has 134 valence electrons. The zero-order valence-electron chi connectivity index (χ0n) is 15.2. The molecule has 5 heteroatoms. The summed E-state index contributed by atoms with van der Waals surface area (Å²) in [6.45, 7) is 2.55. The Hall–Kier alpha value is -2.69. The van der Waals surface area contributed by atoms with Crippen molar-refractivity contribution in [1.82, 2.24) is 5.32 Å². The van der Waals surface area contributed by atoms with E-state index in [1.54, 1.807) is 21.3 Å². The van der Waals surface area contributed by atoms with Gasteiger partial charge in [-0.05, 0) is 54.3 Å². The predicted octanol–water partition coefficient (Wildman–Crippen LogP) is 2.92. The maximum atomic E-state index is 12.2. The van der Waals surface area contributed by atoms with Gasteiger partial charge in [-0.15, -0.1) is 0 Å². The van der Waals surface area contributed by atoms with Crippen LogP contribution in [-0.2, 0) is 17.6 Å². The summed E-state index contributed by atoms with van der Waals surface area (Å²) in [6.07, 6.45) is 1.09. The molecule has 0 bridgehead atoms. The van der Waals surface area contributed by atoms with Crippen molar-refractivity contribution in [3.05, 3.63) is 53.1 Å². The second kappa shape index (κ2) is 8.97. The van der Waals surface area contributed by atoms with Gasteiger partial charge in [-0.2, -0.15) is 0 Å². The Labute approximate surface area is 148 Å². The Kier molecular flexibility index (Phi) is 6.69. The van der Waals surface area contributed by atoms with E-state index >= 15 is 0 Å². The first-order valence-electron chi connectivity index (χ1n) is 8.18. The molecule has 1 amide bonds. The largest absolute Gasteiger partial charge is 0.497 e. The zero-order valence-corrected chi connectivity index (χ0v) is 15.2. The monoisotopic (exact) mass is 343 g/mol. The Morgan fingerprint density at radius 3 is 2.20 bits per heavy atom. The quantitative estimate of drug-likeness (QED) is 0.801. The van der Waals surface area contributed by atoms with Gasteiger partial charge < -0.3 is 19.5 Å². The SMILES string of the molecule is COc1ccc(CCNC(=O)Cc2cc(OC)c(OC)cc2C)cc1. The fourth-order valence-corrected chi connectivity index (χ4v) is 2.59. The van der Waals surface area contributed by atoms with Gasteiger partial charge in [-0.3, -0.25) is 4.79 Å². The van der Waals surface area contributed by atoms with Crippen LogP contribution in [0, 0.1) is 6.92 Å². The van der Waals surface area contributed by atoms with Gasteiger partial charge >= 0.3 is 0 Å². The molecular formula is C20H25NO4. The summed E-state index contributed by atoms with van der Waals surface area (Å²) in [6, 6.07) is 11.6. The Morgan fingerprint density at radius 1 is 0.960 bits per heavy atom. The minimum absolute atomic E-state index is 0.0103. The van der Waals surface area contributed by atoms with Crippen LogP contribution in [0.2, 0.25) is 0 Å². The number of methoxy groups -OCH3 is 3. The highest BCUT2D eigenvalue weighted by atomic mass is 16.5. The first-order valence-corrected chi connectivity index (χ1v) is 8.18. The highest BCUT2D eigenvalue weighted by Crippen LogP contribution is 2.30. The molecule has 0 saturated heterocycles. The lowest BCUT2D eigenvalue weighted by Gasteiger charge is -2.13. The Morgan fingerprint density at radius 2 is 1.60 bits per heavy atom. The van der Waals surface area contributed by atoms with Crippen LogP contribution in [0.3, 0.4) is 0 Å². The van der Waals surface area contributed by atoms with Crippen molar-refractivity contribution < 1.29 is 19.0 Å². The third-order valence-electron chi connectivity index (χ3n) is 4.09. The fraction of sp³-hybridized carbons (Fsp3) is 0.350. The van der Waals surface area contributed by atoms with E-state index in [1.807, 2.05) is 43.3 Å². The van der Waals surface area contributed by atoms with E-state index in [9.17, 15) is 4.79 Å². The summed E-state index contributed by atoms with van der Waals surface area (Å²) < 4.78 is 15.7. The smallest absolute Gasteiger partial charge is 0.224 e. The van der Waals surface area contributed by atoms with Gasteiger partial charge in [-0.25, -0.2) is 0 Å². The predicted molar refractivity (Wildman–Crippen MR) is 97.7 cm³/mol. The molecule has 0 heterocycles. The van der Waals surface area contributed by atoms with Crippen molar-refractivity contribution in [1.29, 1.82) is 0 Å². The van der Waals surface area contributed by atoms with Gasteiger partial charge in [0.25, 0.3) is 0 Å². The van der Waals surface area contributed by atoms with Crippen LogP contribution >= 0.6 is 0 Å². The van der Waals surface area contributed by atoms with E-state index in [0.717, 1.165) is 28.9 Å². The molecule has 25 heavy (non-hydrogen) atoms. The summed E-state index contributed by atoms with van der Waals surface area (Å²) in [7, 11) is 4.83. The molecule has 0 spiro atoms.